The Kier molecular flexibility index (Phi) is 6.40. The standard InChI is InChI=1S/C26H32N2O4S/c1-17-7-8-18(2)22(11-17)26(29)27-14-24(31-3)25(15-27)32-21-6-4-5-19(12-21)16-33(30)28-10-9-20-13-23(20)28/h4-8,11-12,20,23-25H,9-10,13-16H2,1-3H3. The van der Waals surface area contributed by atoms with Gasteiger partial charge in [0.15, 0.2) is 5.75 Å². The first-order valence-electron chi connectivity index (χ1n) is 11.7. The van der Waals surface area contributed by atoms with E-state index >= 15 is 0 Å². The summed E-state index contributed by atoms with van der Waals surface area (Å²) in [6.07, 6.45) is 1.92. The number of rotatable bonds is 7. The fourth-order valence-electron chi connectivity index (χ4n) is 5.10. The molecule has 3 aliphatic rings. The molecule has 3 fully saturated rings. The van der Waals surface area contributed by atoms with Crippen molar-refractivity contribution in [3.63, 3.8) is 0 Å². The first kappa shape index (κ1) is 22.7. The normalized spacial score (nSPS) is 27.5. The smallest absolute Gasteiger partial charge is 0.254 e. The topological polar surface area (TPSA) is 65.1 Å². The molecule has 2 aromatic carbocycles. The second-order valence-corrected chi connectivity index (χ2v) is 11.0. The summed E-state index contributed by atoms with van der Waals surface area (Å²) in [4.78, 5) is 15.0. The molecular weight excluding hydrogens is 436 g/mol. The zero-order chi connectivity index (χ0) is 23.1. The van der Waals surface area contributed by atoms with Crippen molar-refractivity contribution in [3.05, 3.63) is 64.7 Å². The predicted octanol–water partition coefficient (Wildman–Crippen LogP) is 3.48. The third-order valence-electron chi connectivity index (χ3n) is 7.14. The van der Waals surface area contributed by atoms with E-state index in [0.717, 1.165) is 40.5 Å². The zero-order valence-corrected chi connectivity index (χ0v) is 20.3. The molecule has 5 unspecified atom stereocenters. The number of methoxy groups -OCH3 is 1. The molecule has 176 valence electrons. The first-order chi connectivity index (χ1) is 15.9. The molecule has 0 radical (unpaired) electrons. The van der Waals surface area contributed by atoms with Gasteiger partial charge in [-0.15, -0.1) is 4.31 Å². The monoisotopic (exact) mass is 468 g/mol. The Morgan fingerprint density at radius 1 is 1.15 bits per heavy atom. The van der Waals surface area contributed by atoms with Crippen LogP contribution in [0.2, 0.25) is 0 Å². The van der Waals surface area contributed by atoms with Crippen LogP contribution in [0.1, 0.15) is 39.9 Å². The van der Waals surface area contributed by atoms with Crippen molar-refractivity contribution in [1.82, 2.24) is 9.21 Å². The lowest BCUT2D eigenvalue weighted by atomic mass is 10.0. The third-order valence-corrected chi connectivity index (χ3v) is 8.70. The minimum Gasteiger partial charge on any atom is -0.598 e. The molecule has 0 bridgehead atoms. The summed E-state index contributed by atoms with van der Waals surface area (Å²) in [5, 5.41) is 0. The largest absolute Gasteiger partial charge is 0.598 e. The van der Waals surface area contributed by atoms with Gasteiger partial charge in [-0.25, -0.2) is 0 Å². The second-order valence-electron chi connectivity index (χ2n) is 9.56. The van der Waals surface area contributed by atoms with E-state index in [0.29, 0.717) is 24.9 Å². The number of hydrogen-bond donors (Lipinski definition) is 0. The van der Waals surface area contributed by atoms with Crippen LogP contribution >= 0.6 is 0 Å². The molecule has 7 heteroatoms. The summed E-state index contributed by atoms with van der Waals surface area (Å²) in [5.41, 5.74) is 3.78. The van der Waals surface area contributed by atoms with Crippen molar-refractivity contribution >= 4 is 17.3 Å². The molecule has 1 amide bonds. The number of amides is 1. The SMILES string of the molecule is COC1CN(C(=O)c2cc(C)ccc2C)CC1Oc1cccc(C[S+]([O-])N2CCC3CC32)c1. The summed E-state index contributed by atoms with van der Waals surface area (Å²) in [7, 11) is 1.66. The van der Waals surface area contributed by atoms with E-state index < -0.39 is 11.4 Å². The Balaban J connectivity index is 1.24. The molecule has 2 heterocycles. The van der Waals surface area contributed by atoms with E-state index in [-0.39, 0.29) is 18.1 Å². The van der Waals surface area contributed by atoms with Gasteiger partial charge in [0.05, 0.1) is 19.1 Å². The average Bonchev–Trinajstić information content (AvgIpc) is 3.26. The molecule has 5 rings (SSSR count). The Labute approximate surface area is 199 Å². The van der Waals surface area contributed by atoms with Crippen molar-refractivity contribution < 1.29 is 18.8 Å². The van der Waals surface area contributed by atoms with E-state index in [9.17, 15) is 9.35 Å². The molecule has 2 aliphatic heterocycles. The van der Waals surface area contributed by atoms with Crippen LogP contribution in [0.4, 0.5) is 0 Å². The molecule has 33 heavy (non-hydrogen) atoms. The number of likely N-dealkylation sites (tertiary alicyclic amines) is 1. The minimum absolute atomic E-state index is 0.0116. The van der Waals surface area contributed by atoms with Crippen LogP contribution in [0, 0.1) is 19.8 Å². The van der Waals surface area contributed by atoms with Gasteiger partial charge in [0.2, 0.25) is 0 Å². The molecule has 6 nitrogen and oxygen atoms in total. The number of carbonyl (C=O) groups excluding carboxylic acids is 1. The summed E-state index contributed by atoms with van der Waals surface area (Å²) in [6, 6.07) is 14.3. The van der Waals surface area contributed by atoms with E-state index in [2.05, 4.69) is 4.31 Å². The van der Waals surface area contributed by atoms with Crippen LogP contribution < -0.4 is 4.74 Å². The van der Waals surface area contributed by atoms with Crippen molar-refractivity contribution in [2.24, 2.45) is 5.92 Å². The maximum atomic E-state index is 13.2. The Morgan fingerprint density at radius 3 is 2.70 bits per heavy atom. The van der Waals surface area contributed by atoms with Crippen LogP contribution in [0.15, 0.2) is 42.5 Å². The third kappa shape index (κ3) is 4.78. The maximum Gasteiger partial charge on any atom is 0.254 e. The average molecular weight is 469 g/mol. The Bertz CT molecular complexity index is 1030. The highest BCUT2D eigenvalue weighted by molar-refractivity contribution is 7.88. The summed E-state index contributed by atoms with van der Waals surface area (Å²) >= 11 is -0.993. The number of nitrogens with zero attached hydrogens (tertiary/aromatic N) is 2. The molecular formula is C26H32N2O4S. The number of piperidine rings is 1. The number of fused-ring (bicyclic) bond motifs is 1. The summed E-state index contributed by atoms with van der Waals surface area (Å²) in [6.45, 7) is 5.87. The number of aryl methyl sites for hydroxylation is 2. The van der Waals surface area contributed by atoms with Gasteiger partial charge in [0.25, 0.3) is 5.91 Å². The van der Waals surface area contributed by atoms with Crippen molar-refractivity contribution in [2.75, 3.05) is 26.7 Å². The quantitative estimate of drug-likeness (QED) is 0.582. The highest BCUT2D eigenvalue weighted by Crippen LogP contribution is 2.46. The van der Waals surface area contributed by atoms with Crippen molar-refractivity contribution in [3.8, 4) is 5.75 Å². The minimum atomic E-state index is -0.993. The van der Waals surface area contributed by atoms with Gasteiger partial charge in [-0.05, 0) is 56.4 Å². The van der Waals surface area contributed by atoms with Crippen LogP contribution in [0.5, 0.6) is 5.75 Å². The van der Waals surface area contributed by atoms with Crippen LogP contribution in [-0.4, -0.2) is 64.7 Å². The molecule has 1 saturated carbocycles. The molecule has 0 spiro atoms. The highest BCUT2D eigenvalue weighted by Gasteiger charge is 2.52. The molecule has 2 saturated heterocycles. The van der Waals surface area contributed by atoms with Crippen molar-refractivity contribution in [1.29, 1.82) is 0 Å². The molecule has 0 aromatic heterocycles. The number of hydrogen-bond acceptors (Lipinski definition) is 5. The molecule has 0 N–H and O–H groups in total. The van der Waals surface area contributed by atoms with Gasteiger partial charge < -0.3 is 18.9 Å². The van der Waals surface area contributed by atoms with Gasteiger partial charge >= 0.3 is 0 Å². The lowest BCUT2D eigenvalue weighted by Gasteiger charge is -2.22. The van der Waals surface area contributed by atoms with Gasteiger partial charge in [-0.2, -0.15) is 0 Å². The van der Waals surface area contributed by atoms with Gasteiger partial charge in [0, 0.05) is 36.1 Å². The highest BCUT2D eigenvalue weighted by atomic mass is 32.2. The molecule has 5 atom stereocenters. The molecule has 2 aromatic rings. The predicted molar refractivity (Wildman–Crippen MR) is 129 cm³/mol. The summed E-state index contributed by atoms with van der Waals surface area (Å²) < 4.78 is 27.0. The van der Waals surface area contributed by atoms with Gasteiger partial charge in [-0.3, -0.25) is 4.79 Å². The van der Waals surface area contributed by atoms with Crippen molar-refractivity contribution in [2.45, 2.75) is 50.7 Å². The molecule has 1 aliphatic carbocycles. The lowest BCUT2D eigenvalue weighted by Crippen LogP contribution is -2.32. The lowest BCUT2D eigenvalue weighted by molar-refractivity contribution is 0.0339. The first-order valence-corrected chi connectivity index (χ1v) is 13.0. The van der Waals surface area contributed by atoms with E-state index in [4.69, 9.17) is 9.47 Å². The fourth-order valence-corrected chi connectivity index (χ4v) is 6.60. The fraction of sp³-hybridized carbons (Fsp3) is 0.500. The van der Waals surface area contributed by atoms with E-state index in [1.807, 2.05) is 61.2 Å². The summed E-state index contributed by atoms with van der Waals surface area (Å²) in [5.74, 6) is 2.02. The van der Waals surface area contributed by atoms with Crippen LogP contribution in [0.25, 0.3) is 0 Å². The number of benzene rings is 2. The number of ether oxygens (including phenoxy) is 2. The van der Waals surface area contributed by atoms with Crippen LogP contribution in [0.3, 0.4) is 0 Å². The van der Waals surface area contributed by atoms with E-state index in [1.54, 1.807) is 7.11 Å². The van der Waals surface area contributed by atoms with Gasteiger partial charge in [-0.1, -0.05) is 29.8 Å². The van der Waals surface area contributed by atoms with Gasteiger partial charge in [0.1, 0.15) is 18.0 Å². The zero-order valence-electron chi connectivity index (χ0n) is 19.5. The van der Waals surface area contributed by atoms with E-state index in [1.165, 1.54) is 12.8 Å². The maximum absolute atomic E-state index is 13.2. The van der Waals surface area contributed by atoms with Crippen LogP contribution in [-0.2, 0) is 21.9 Å². The second kappa shape index (κ2) is 9.29. The number of carbonyl (C=O) groups is 1. The Morgan fingerprint density at radius 2 is 1.97 bits per heavy atom. The Hall–Kier alpha value is -2.06.